The molecule has 1 amide bonds. The maximum Gasteiger partial charge on any atom is 0.409 e. The lowest BCUT2D eigenvalue weighted by Crippen LogP contribution is -2.27. The van der Waals surface area contributed by atoms with Crippen LogP contribution in [0.4, 0.5) is 4.79 Å². The molecule has 0 unspecified atom stereocenters. The highest BCUT2D eigenvalue weighted by atomic mass is 16.6. The van der Waals surface area contributed by atoms with Crippen LogP contribution in [0, 0.1) is 11.3 Å². The lowest BCUT2D eigenvalue weighted by Gasteiger charge is -2.21. The van der Waals surface area contributed by atoms with Crippen LogP contribution in [-0.4, -0.2) is 60.7 Å². The van der Waals surface area contributed by atoms with Crippen molar-refractivity contribution in [1.29, 1.82) is 0 Å². The molecule has 27 heavy (non-hydrogen) atoms. The molecule has 1 rings (SSSR count). The van der Waals surface area contributed by atoms with E-state index in [4.69, 9.17) is 14.2 Å². The first kappa shape index (κ1) is 22.5. The molecule has 8 heteroatoms. The van der Waals surface area contributed by atoms with Crippen molar-refractivity contribution in [2.75, 3.05) is 33.9 Å². The van der Waals surface area contributed by atoms with Crippen LogP contribution in [0.25, 0.3) is 6.20 Å². The number of hydrogen-bond acceptors (Lipinski definition) is 6. The zero-order chi connectivity index (χ0) is 20.6. The molecule has 0 aliphatic rings. The predicted molar refractivity (Wildman–Crippen MR) is 103 cm³/mol. The number of aromatic nitrogens is 2. The monoisotopic (exact) mass is 381 g/mol. The van der Waals surface area contributed by atoms with Gasteiger partial charge in [-0.15, -0.1) is 0 Å². The fraction of sp³-hybridized carbons (Fsp3) is 0.632. The molecule has 0 atom stereocenters. The van der Waals surface area contributed by atoms with Crippen molar-refractivity contribution in [1.82, 2.24) is 14.7 Å². The molecule has 1 aromatic heterocycles. The van der Waals surface area contributed by atoms with Crippen LogP contribution in [0.3, 0.4) is 0 Å². The van der Waals surface area contributed by atoms with E-state index in [1.165, 1.54) is 15.8 Å². The summed E-state index contributed by atoms with van der Waals surface area (Å²) < 4.78 is 17.6. The van der Waals surface area contributed by atoms with Crippen LogP contribution in [0.2, 0.25) is 0 Å². The van der Waals surface area contributed by atoms with Crippen molar-refractivity contribution < 1.29 is 23.8 Å². The molecule has 152 valence electrons. The second kappa shape index (κ2) is 9.99. The van der Waals surface area contributed by atoms with Crippen molar-refractivity contribution in [3.8, 4) is 5.88 Å². The molecule has 0 bridgehead atoms. The van der Waals surface area contributed by atoms with Gasteiger partial charge in [-0.25, -0.2) is 14.3 Å². The molecule has 0 aliphatic heterocycles. The standard InChI is InChI=1S/C19H31N3O5/c1-8-25-17(23)15-11-20-22(16(15)26-12-14(2)3)10-9-19(4,5)13-27-18(24)21(6)7/h9-11,14H,8,12-13H2,1-7H3/b10-9+. The SMILES string of the molecule is CCOC(=O)c1cnn(/C=C/C(C)(C)COC(=O)N(C)C)c1OCC(C)C. The molecule has 0 fully saturated rings. The summed E-state index contributed by atoms with van der Waals surface area (Å²) in [5, 5.41) is 4.21. The molecular weight excluding hydrogens is 350 g/mol. The summed E-state index contributed by atoms with van der Waals surface area (Å²) in [4.78, 5) is 25.1. The molecule has 1 aromatic rings. The first-order valence-corrected chi connectivity index (χ1v) is 8.98. The van der Waals surface area contributed by atoms with E-state index in [9.17, 15) is 9.59 Å². The van der Waals surface area contributed by atoms with Gasteiger partial charge in [0, 0.05) is 25.7 Å². The van der Waals surface area contributed by atoms with Crippen molar-refractivity contribution in [2.45, 2.75) is 34.6 Å². The highest BCUT2D eigenvalue weighted by Gasteiger charge is 2.22. The maximum atomic E-state index is 12.1. The van der Waals surface area contributed by atoms with Gasteiger partial charge in [-0.2, -0.15) is 5.10 Å². The number of hydrogen-bond donors (Lipinski definition) is 0. The van der Waals surface area contributed by atoms with Gasteiger partial charge >= 0.3 is 12.1 Å². The quantitative estimate of drug-likeness (QED) is 0.611. The molecule has 1 heterocycles. The fourth-order valence-corrected chi connectivity index (χ4v) is 1.89. The Morgan fingerprint density at radius 3 is 2.52 bits per heavy atom. The van der Waals surface area contributed by atoms with Gasteiger partial charge in [0.25, 0.3) is 0 Å². The summed E-state index contributed by atoms with van der Waals surface area (Å²) in [6, 6.07) is 0. The van der Waals surface area contributed by atoms with E-state index in [-0.39, 0.29) is 24.7 Å². The first-order valence-electron chi connectivity index (χ1n) is 8.98. The highest BCUT2D eigenvalue weighted by Crippen LogP contribution is 2.23. The zero-order valence-electron chi connectivity index (χ0n) is 17.3. The normalized spacial score (nSPS) is 11.7. The third-order valence-corrected chi connectivity index (χ3v) is 3.40. The second-order valence-corrected chi connectivity index (χ2v) is 7.49. The van der Waals surface area contributed by atoms with Crippen LogP contribution in [0.15, 0.2) is 12.3 Å². The van der Waals surface area contributed by atoms with E-state index in [0.29, 0.717) is 12.5 Å². The Hall–Kier alpha value is -2.51. The Bertz CT molecular complexity index is 662. The van der Waals surface area contributed by atoms with Crippen LogP contribution < -0.4 is 4.74 Å². The molecule has 0 saturated carbocycles. The smallest absolute Gasteiger partial charge is 0.409 e. The number of carbonyl (C=O) groups excluding carboxylic acids is 2. The van der Waals surface area contributed by atoms with Crippen LogP contribution in [0.5, 0.6) is 5.88 Å². The molecule has 0 aliphatic carbocycles. The number of nitrogens with zero attached hydrogens (tertiary/aromatic N) is 3. The van der Waals surface area contributed by atoms with Gasteiger partial charge in [0.1, 0.15) is 12.2 Å². The van der Waals surface area contributed by atoms with E-state index in [1.807, 2.05) is 33.8 Å². The summed E-state index contributed by atoms with van der Waals surface area (Å²) in [6.07, 6.45) is 4.57. The van der Waals surface area contributed by atoms with Gasteiger partial charge in [0.05, 0.1) is 19.4 Å². The molecule has 0 spiro atoms. The Morgan fingerprint density at radius 2 is 1.96 bits per heavy atom. The van der Waals surface area contributed by atoms with Crippen molar-refractivity contribution >= 4 is 18.3 Å². The molecule has 0 N–H and O–H groups in total. The van der Waals surface area contributed by atoms with E-state index in [0.717, 1.165) is 0 Å². The molecule has 0 radical (unpaired) electrons. The van der Waals surface area contributed by atoms with Crippen molar-refractivity contribution in [2.24, 2.45) is 11.3 Å². The van der Waals surface area contributed by atoms with E-state index >= 15 is 0 Å². The maximum absolute atomic E-state index is 12.1. The minimum atomic E-state index is -0.477. The lowest BCUT2D eigenvalue weighted by atomic mass is 9.95. The average molecular weight is 381 g/mol. The summed E-state index contributed by atoms with van der Waals surface area (Å²) in [6.45, 7) is 10.5. The Kier molecular flexibility index (Phi) is 8.33. The topological polar surface area (TPSA) is 82.9 Å². The third-order valence-electron chi connectivity index (χ3n) is 3.40. The lowest BCUT2D eigenvalue weighted by molar-refractivity contribution is 0.0520. The number of carbonyl (C=O) groups is 2. The number of ether oxygens (including phenoxy) is 3. The molecule has 8 nitrogen and oxygen atoms in total. The minimum absolute atomic E-state index is 0.203. The Labute approximate surface area is 161 Å². The number of rotatable bonds is 9. The molecule has 0 aromatic carbocycles. The summed E-state index contributed by atoms with van der Waals surface area (Å²) in [5.74, 6) is 0.142. The Morgan fingerprint density at radius 1 is 1.30 bits per heavy atom. The average Bonchev–Trinajstić information content (AvgIpc) is 2.99. The van der Waals surface area contributed by atoms with Crippen molar-refractivity contribution in [3.05, 3.63) is 17.8 Å². The van der Waals surface area contributed by atoms with Crippen molar-refractivity contribution in [3.63, 3.8) is 0 Å². The van der Waals surface area contributed by atoms with Gasteiger partial charge in [-0.05, 0) is 12.8 Å². The van der Waals surface area contributed by atoms with E-state index in [2.05, 4.69) is 5.10 Å². The summed E-state index contributed by atoms with van der Waals surface area (Å²) >= 11 is 0. The third kappa shape index (κ3) is 7.32. The van der Waals surface area contributed by atoms with Gasteiger partial charge in [-0.1, -0.05) is 33.8 Å². The summed E-state index contributed by atoms with van der Waals surface area (Å²) in [7, 11) is 3.26. The summed E-state index contributed by atoms with van der Waals surface area (Å²) in [5.41, 5.74) is -0.157. The van der Waals surface area contributed by atoms with Gasteiger partial charge in [0.2, 0.25) is 5.88 Å². The van der Waals surface area contributed by atoms with E-state index < -0.39 is 17.5 Å². The zero-order valence-corrected chi connectivity index (χ0v) is 17.3. The largest absolute Gasteiger partial charge is 0.477 e. The van der Waals surface area contributed by atoms with Gasteiger partial charge in [-0.3, -0.25) is 0 Å². The van der Waals surface area contributed by atoms with Gasteiger partial charge in [0.15, 0.2) is 0 Å². The highest BCUT2D eigenvalue weighted by molar-refractivity contribution is 5.92. The van der Waals surface area contributed by atoms with Crippen LogP contribution in [0.1, 0.15) is 45.0 Å². The van der Waals surface area contributed by atoms with Gasteiger partial charge < -0.3 is 19.1 Å². The Balaban J connectivity index is 2.98. The molecule has 0 saturated heterocycles. The number of esters is 1. The minimum Gasteiger partial charge on any atom is -0.477 e. The second-order valence-electron chi connectivity index (χ2n) is 7.49. The predicted octanol–water partition coefficient (Wildman–Crippen LogP) is 3.29. The van der Waals surface area contributed by atoms with Crippen LogP contribution in [-0.2, 0) is 9.47 Å². The number of amides is 1. The molecular formula is C19H31N3O5. The fourth-order valence-electron chi connectivity index (χ4n) is 1.89. The van der Waals surface area contributed by atoms with Crippen LogP contribution >= 0.6 is 0 Å². The van der Waals surface area contributed by atoms with E-state index in [1.54, 1.807) is 27.2 Å². The first-order chi connectivity index (χ1) is 12.6.